The molecule has 3 rings (SSSR count). The van der Waals surface area contributed by atoms with E-state index in [1.165, 1.54) is 6.07 Å². The molecule has 0 aromatic carbocycles. The highest BCUT2D eigenvalue weighted by Crippen LogP contribution is 2.36. The van der Waals surface area contributed by atoms with Crippen molar-refractivity contribution >= 4 is 19.1 Å². The predicted molar refractivity (Wildman–Crippen MR) is 105 cm³/mol. The minimum Gasteiger partial charge on any atom is -0.463 e. The van der Waals surface area contributed by atoms with E-state index in [1.54, 1.807) is 12.1 Å². The summed E-state index contributed by atoms with van der Waals surface area (Å²) in [6.45, 7) is 11.1. The number of aliphatic hydroxyl groups is 1. The van der Waals surface area contributed by atoms with E-state index in [0.717, 1.165) is 6.54 Å². The third-order valence-electron chi connectivity index (χ3n) is 4.95. The molecule has 0 amide bonds. The van der Waals surface area contributed by atoms with E-state index in [2.05, 4.69) is 31.1 Å². The second-order valence-electron chi connectivity index (χ2n) is 7.88. The first-order chi connectivity index (χ1) is 13.0. The minimum atomic E-state index is -1.34. The van der Waals surface area contributed by atoms with Gasteiger partial charge in [-0.25, -0.2) is 0 Å². The summed E-state index contributed by atoms with van der Waals surface area (Å²) in [6.07, 6.45) is -0.976. The van der Waals surface area contributed by atoms with Gasteiger partial charge in [-0.05, 0) is 60.5 Å². The Morgan fingerprint density at radius 3 is 2.29 bits per heavy atom. The van der Waals surface area contributed by atoms with Crippen molar-refractivity contribution in [3.63, 3.8) is 0 Å². The largest absolute Gasteiger partial charge is 0.532 e. The summed E-state index contributed by atoms with van der Waals surface area (Å²) in [5.41, 5.74) is -0.0257. The maximum Gasteiger partial charge on any atom is 0.532 e. The van der Waals surface area contributed by atoms with Crippen LogP contribution in [0.2, 0.25) is 0 Å². The molecule has 3 heterocycles. The Kier molecular flexibility index (Phi) is 6.87. The summed E-state index contributed by atoms with van der Waals surface area (Å²) in [4.78, 5) is 12.7. The van der Waals surface area contributed by atoms with Gasteiger partial charge in [-0.2, -0.15) is 0 Å². The fourth-order valence-electron chi connectivity index (χ4n) is 2.19. The van der Waals surface area contributed by atoms with E-state index in [-0.39, 0.29) is 5.76 Å². The smallest absolute Gasteiger partial charge is 0.463 e. The highest BCUT2D eigenvalue weighted by atomic mass is 16.7. The summed E-state index contributed by atoms with van der Waals surface area (Å²) in [5, 5.41) is 13.2. The van der Waals surface area contributed by atoms with E-state index in [1.807, 2.05) is 27.7 Å². The maximum absolute atomic E-state index is 10.6. The van der Waals surface area contributed by atoms with Crippen LogP contribution in [0.4, 0.5) is 0 Å². The van der Waals surface area contributed by atoms with Crippen molar-refractivity contribution in [3.05, 3.63) is 24.0 Å². The van der Waals surface area contributed by atoms with Crippen LogP contribution >= 0.6 is 0 Å². The van der Waals surface area contributed by atoms with Crippen molar-refractivity contribution in [2.45, 2.75) is 51.9 Å². The van der Waals surface area contributed by atoms with Gasteiger partial charge in [0.25, 0.3) is 0 Å². The van der Waals surface area contributed by atoms with E-state index in [0.29, 0.717) is 23.4 Å². The number of rotatable bonds is 5. The normalized spacial score (nSPS) is 18.7. The zero-order valence-electron chi connectivity index (χ0n) is 17.6. The van der Waals surface area contributed by atoms with Crippen LogP contribution in [0.1, 0.15) is 46.5 Å². The lowest BCUT2D eigenvalue weighted by Crippen LogP contribution is -2.41. The third kappa shape index (κ3) is 4.91. The van der Waals surface area contributed by atoms with Crippen LogP contribution in [0.5, 0.6) is 0 Å². The first-order valence-corrected chi connectivity index (χ1v) is 9.21. The van der Waals surface area contributed by atoms with Crippen molar-refractivity contribution in [3.8, 4) is 11.5 Å². The molecule has 0 spiro atoms. The number of furan rings is 1. The Morgan fingerprint density at radius 2 is 1.79 bits per heavy atom. The number of hydrogen-bond acceptors (Lipinski definition) is 8. The summed E-state index contributed by atoms with van der Waals surface area (Å²) < 4.78 is 22.5. The van der Waals surface area contributed by atoms with E-state index < -0.39 is 24.4 Å². The van der Waals surface area contributed by atoms with Gasteiger partial charge in [-0.3, -0.25) is 4.79 Å². The van der Waals surface area contributed by atoms with Crippen LogP contribution < -0.4 is 5.66 Å². The van der Waals surface area contributed by atoms with Crippen LogP contribution in [0.15, 0.2) is 27.1 Å². The van der Waals surface area contributed by atoms with Crippen molar-refractivity contribution in [1.29, 1.82) is 0 Å². The second kappa shape index (κ2) is 8.61. The molecule has 0 unspecified atom stereocenters. The van der Waals surface area contributed by atoms with Crippen molar-refractivity contribution in [2.75, 3.05) is 20.6 Å². The molecule has 2 aromatic rings. The van der Waals surface area contributed by atoms with E-state index in [9.17, 15) is 9.90 Å². The molecule has 0 radical (unpaired) electrons. The Bertz CT molecular complexity index is 767. The molecular weight excluding hydrogens is 363 g/mol. The zero-order chi connectivity index (χ0) is 21.1. The average Bonchev–Trinajstić information content (AvgIpc) is 3.33. The minimum absolute atomic E-state index is 0.0589. The molecule has 2 aromatic heterocycles. The summed E-state index contributed by atoms with van der Waals surface area (Å²) in [6, 6.07) is 4.89. The Morgan fingerprint density at radius 1 is 1.21 bits per heavy atom. The molecule has 8 nitrogen and oxygen atoms in total. The second-order valence-corrected chi connectivity index (χ2v) is 7.88. The first-order valence-electron chi connectivity index (χ1n) is 9.21. The van der Waals surface area contributed by atoms with Gasteiger partial charge in [-0.1, -0.05) is 12.1 Å². The molecule has 154 valence electrons. The number of aliphatic hydroxyl groups excluding tert-OH is 1. The molecule has 1 aliphatic rings. The molecule has 0 saturated carbocycles. The van der Waals surface area contributed by atoms with E-state index >= 15 is 0 Å². The summed E-state index contributed by atoms with van der Waals surface area (Å²) in [5.74, 6) is 0.492. The first kappa shape index (κ1) is 22.4. The van der Waals surface area contributed by atoms with Crippen LogP contribution in [0.25, 0.3) is 11.5 Å². The zero-order valence-corrected chi connectivity index (χ0v) is 17.6. The number of aldehydes is 1. The van der Waals surface area contributed by atoms with Gasteiger partial charge in [0.05, 0.1) is 11.2 Å². The molecule has 1 N–H and O–H groups in total. The molecule has 0 bridgehead atoms. The molecule has 1 saturated heterocycles. The molecule has 0 aliphatic carbocycles. The van der Waals surface area contributed by atoms with Gasteiger partial charge in [0.2, 0.25) is 0 Å². The van der Waals surface area contributed by atoms with Gasteiger partial charge in [0.15, 0.2) is 23.9 Å². The predicted octanol–water partition coefficient (Wildman–Crippen LogP) is 2.03. The lowest BCUT2D eigenvalue weighted by molar-refractivity contribution is -0.115. The van der Waals surface area contributed by atoms with Gasteiger partial charge in [0, 0.05) is 6.07 Å². The highest BCUT2D eigenvalue weighted by molar-refractivity contribution is 6.60. The molecule has 1 fully saturated rings. The lowest BCUT2D eigenvalue weighted by atomic mass is 9.86. The Hall–Kier alpha value is -1.94. The lowest BCUT2D eigenvalue weighted by Gasteiger charge is -2.32. The van der Waals surface area contributed by atoms with Gasteiger partial charge in [-0.15, -0.1) is 0 Å². The highest BCUT2D eigenvalue weighted by Gasteiger charge is 2.53. The quantitative estimate of drug-likeness (QED) is 0.610. The molecule has 1 atom stereocenters. The third-order valence-corrected chi connectivity index (χ3v) is 4.95. The van der Waals surface area contributed by atoms with Gasteiger partial charge in [0.1, 0.15) is 11.4 Å². The SMILES string of the molecule is CC1(C)OB(c2ccc(-c3cc([C@@H](O)C=O)on3)o2)OC1(C)C.CCN(C)C. The van der Waals surface area contributed by atoms with Crippen molar-refractivity contribution in [1.82, 2.24) is 10.1 Å². The molecule has 9 heteroatoms. The number of carbonyl (C=O) groups excluding carboxylic acids is 1. The Balaban J connectivity index is 0.000000500. The fourth-order valence-corrected chi connectivity index (χ4v) is 2.19. The number of nitrogens with zero attached hydrogens (tertiary/aromatic N) is 2. The van der Waals surface area contributed by atoms with Crippen LogP contribution in [-0.2, 0) is 14.1 Å². The Labute approximate surface area is 165 Å². The monoisotopic (exact) mass is 392 g/mol. The number of carbonyl (C=O) groups is 1. The van der Waals surface area contributed by atoms with Crippen LogP contribution in [0, 0.1) is 0 Å². The molecule has 1 aliphatic heterocycles. The van der Waals surface area contributed by atoms with Crippen LogP contribution in [-0.4, -0.2) is 60.4 Å². The number of aromatic nitrogens is 1. The van der Waals surface area contributed by atoms with Crippen LogP contribution in [0.3, 0.4) is 0 Å². The average molecular weight is 392 g/mol. The summed E-state index contributed by atoms with van der Waals surface area (Å²) >= 11 is 0. The molecular formula is C19H29BN2O6. The fraction of sp³-hybridized carbons (Fsp3) is 0.579. The van der Waals surface area contributed by atoms with Crippen molar-refractivity contribution in [2.24, 2.45) is 0 Å². The topological polar surface area (TPSA) is 98.2 Å². The van der Waals surface area contributed by atoms with Crippen molar-refractivity contribution < 1.29 is 28.2 Å². The maximum atomic E-state index is 10.6. The van der Waals surface area contributed by atoms with Gasteiger partial charge < -0.3 is 28.3 Å². The summed E-state index contributed by atoms with van der Waals surface area (Å²) in [7, 11) is 3.50. The number of hydrogen-bond donors (Lipinski definition) is 1. The molecule has 28 heavy (non-hydrogen) atoms. The standard InChI is InChI=1S/C15H18BNO6.C4H11N/c1-14(2)15(3,4)23-16(22-14)13-6-5-11(20-13)9-7-12(21-17-9)10(19)8-18;1-4-5(2)3/h5-8,10,19H,1-4H3;4H2,1-3H3/t10-;/m0./s1. The van der Waals surface area contributed by atoms with E-state index in [4.69, 9.17) is 18.2 Å². The van der Waals surface area contributed by atoms with Gasteiger partial charge >= 0.3 is 7.12 Å².